The maximum Gasteiger partial charge on any atom is 0.274 e. The van der Waals surface area contributed by atoms with E-state index in [0.717, 1.165) is 38.6 Å². The van der Waals surface area contributed by atoms with Crippen LogP contribution in [-0.2, 0) is 0 Å². The van der Waals surface area contributed by atoms with Crippen molar-refractivity contribution >= 4 is 45.0 Å². The first-order chi connectivity index (χ1) is 13.5. The van der Waals surface area contributed by atoms with Gasteiger partial charge >= 0.3 is 0 Å². The van der Waals surface area contributed by atoms with Gasteiger partial charge in [-0.25, -0.2) is 9.38 Å². The standard InChI is InChI=1S/C22H16ClN3OS/c1-13-11-15(14(2)25(13)17-9-7-16(23)8-10-17)12-20-21(27)26-19-6-4-3-5-18(19)24-22(26)28-20/h3-12H,1-2H3/b20-12-. The van der Waals surface area contributed by atoms with E-state index in [4.69, 9.17) is 11.6 Å². The highest BCUT2D eigenvalue weighted by molar-refractivity contribution is 7.15. The number of rotatable bonds is 2. The molecule has 0 bridgehead atoms. The Kier molecular flexibility index (Phi) is 3.89. The van der Waals surface area contributed by atoms with E-state index in [1.54, 1.807) is 4.40 Å². The molecule has 2 aromatic carbocycles. The fourth-order valence-corrected chi connectivity index (χ4v) is 4.78. The largest absolute Gasteiger partial charge is 0.318 e. The SMILES string of the molecule is Cc1cc(/C=c2\sc3nc4ccccc4n3c2=O)c(C)n1-c1ccc(Cl)cc1. The van der Waals surface area contributed by atoms with Crippen LogP contribution in [-0.4, -0.2) is 14.0 Å². The Balaban J connectivity index is 1.70. The molecule has 0 radical (unpaired) electrons. The zero-order valence-corrected chi connectivity index (χ0v) is 16.9. The molecule has 0 fully saturated rings. The average molecular weight is 406 g/mol. The average Bonchev–Trinajstić information content (AvgIpc) is 3.28. The second-order valence-electron chi connectivity index (χ2n) is 6.77. The Morgan fingerprint density at radius 3 is 2.61 bits per heavy atom. The summed E-state index contributed by atoms with van der Waals surface area (Å²) in [5.74, 6) is 0. The van der Waals surface area contributed by atoms with E-state index in [2.05, 4.69) is 29.5 Å². The van der Waals surface area contributed by atoms with E-state index >= 15 is 0 Å². The molecule has 0 amide bonds. The van der Waals surface area contributed by atoms with Gasteiger partial charge in [0.1, 0.15) is 0 Å². The fourth-order valence-electron chi connectivity index (χ4n) is 3.67. The Morgan fingerprint density at radius 1 is 1.07 bits per heavy atom. The minimum atomic E-state index is -0.0232. The fraction of sp³-hybridized carbons (Fsp3) is 0.0909. The number of aryl methyl sites for hydroxylation is 1. The quantitative estimate of drug-likeness (QED) is 0.433. The van der Waals surface area contributed by atoms with Crippen LogP contribution in [0.5, 0.6) is 0 Å². The monoisotopic (exact) mass is 405 g/mol. The molecule has 0 saturated carbocycles. The number of para-hydroxylation sites is 2. The third-order valence-electron chi connectivity index (χ3n) is 4.99. The van der Waals surface area contributed by atoms with Crippen molar-refractivity contribution in [1.82, 2.24) is 14.0 Å². The zero-order valence-electron chi connectivity index (χ0n) is 15.3. The highest BCUT2D eigenvalue weighted by atomic mass is 35.5. The summed E-state index contributed by atoms with van der Waals surface area (Å²) in [5.41, 5.74) is 5.93. The first kappa shape index (κ1) is 17.2. The van der Waals surface area contributed by atoms with E-state index in [1.807, 2.05) is 54.6 Å². The predicted octanol–water partition coefficient (Wildman–Crippen LogP) is 4.52. The Hall–Kier alpha value is -2.89. The number of benzene rings is 2. The van der Waals surface area contributed by atoms with Crippen molar-refractivity contribution in [2.24, 2.45) is 0 Å². The third kappa shape index (κ3) is 2.58. The molecule has 6 heteroatoms. The van der Waals surface area contributed by atoms with Crippen LogP contribution in [0.25, 0.3) is 27.8 Å². The van der Waals surface area contributed by atoms with Crippen LogP contribution in [0.2, 0.25) is 5.02 Å². The van der Waals surface area contributed by atoms with E-state index in [1.165, 1.54) is 11.3 Å². The first-order valence-corrected chi connectivity index (χ1v) is 10.1. The van der Waals surface area contributed by atoms with E-state index in [9.17, 15) is 4.79 Å². The lowest BCUT2D eigenvalue weighted by Crippen LogP contribution is -2.22. The first-order valence-electron chi connectivity index (χ1n) is 8.89. The van der Waals surface area contributed by atoms with Gasteiger partial charge in [-0.2, -0.15) is 0 Å². The summed E-state index contributed by atoms with van der Waals surface area (Å²) in [6.07, 6.45) is 1.96. The highest BCUT2D eigenvalue weighted by Crippen LogP contribution is 2.23. The molecule has 0 spiro atoms. The lowest BCUT2D eigenvalue weighted by Gasteiger charge is -2.09. The lowest BCUT2D eigenvalue weighted by atomic mass is 10.2. The summed E-state index contributed by atoms with van der Waals surface area (Å²) < 4.78 is 4.55. The van der Waals surface area contributed by atoms with Crippen molar-refractivity contribution in [3.63, 3.8) is 0 Å². The van der Waals surface area contributed by atoms with Crippen LogP contribution < -0.4 is 10.1 Å². The van der Waals surface area contributed by atoms with E-state index < -0.39 is 0 Å². The maximum absolute atomic E-state index is 13.0. The zero-order chi connectivity index (χ0) is 19.4. The van der Waals surface area contributed by atoms with Crippen molar-refractivity contribution in [3.8, 4) is 5.69 Å². The van der Waals surface area contributed by atoms with E-state index in [-0.39, 0.29) is 5.56 Å². The summed E-state index contributed by atoms with van der Waals surface area (Å²) in [7, 11) is 0. The van der Waals surface area contributed by atoms with Gasteiger partial charge in [0.2, 0.25) is 0 Å². The number of thiazole rings is 1. The Labute approximate surface area is 169 Å². The number of nitrogens with zero attached hydrogens (tertiary/aromatic N) is 3. The molecule has 0 unspecified atom stereocenters. The molecule has 5 aromatic rings. The van der Waals surface area contributed by atoms with Gasteiger partial charge < -0.3 is 4.57 Å². The van der Waals surface area contributed by atoms with Crippen molar-refractivity contribution in [2.45, 2.75) is 13.8 Å². The maximum atomic E-state index is 13.0. The molecule has 4 nitrogen and oxygen atoms in total. The minimum Gasteiger partial charge on any atom is -0.318 e. The molecule has 0 atom stereocenters. The lowest BCUT2D eigenvalue weighted by molar-refractivity contribution is 0.964. The summed E-state index contributed by atoms with van der Waals surface area (Å²) in [4.78, 5) is 18.3. The van der Waals surface area contributed by atoms with Crippen LogP contribution in [0.4, 0.5) is 0 Å². The molecule has 0 aliphatic rings. The smallest absolute Gasteiger partial charge is 0.274 e. The molecule has 0 aliphatic carbocycles. The van der Waals surface area contributed by atoms with E-state index in [0.29, 0.717) is 9.55 Å². The van der Waals surface area contributed by atoms with Gasteiger partial charge in [-0.05, 0) is 68.0 Å². The van der Waals surface area contributed by atoms with Crippen LogP contribution >= 0.6 is 22.9 Å². The number of imidazole rings is 1. The summed E-state index contributed by atoms with van der Waals surface area (Å²) in [5, 5.41) is 0.711. The molecular formula is C22H16ClN3OS. The minimum absolute atomic E-state index is 0.0232. The highest BCUT2D eigenvalue weighted by Gasteiger charge is 2.13. The summed E-state index contributed by atoms with van der Waals surface area (Å²) >= 11 is 7.44. The molecule has 0 N–H and O–H groups in total. The summed E-state index contributed by atoms with van der Waals surface area (Å²) in [6.45, 7) is 4.12. The number of halogens is 1. The molecule has 0 aliphatic heterocycles. The van der Waals surface area contributed by atoms with Gasteiger partial charge in [-0.3, -0.25) is 4.79 Å². The second-order valence-corrected chi connectivity index (χ2v) is 8.22. The van der Waals surface area contributed by atoms with Gasteiger partial charge in [-0.15, -0.1) is 0 Å². The van der Waals surface area contributed by atoms with Crippen molar-refractivity contribution in [1.29, 1.82) is 0 Å². The number of hydrogen-bond acceptors (Lipinski definition) is 3. The van der Waals surface area contributed by atoms with Gasteiger partial charge in [-0.1, -0.05) is 35.1 Å². The third-order valence-corrected chi connectivity index (χ3v) is 6.21. The number of aromatic nitrogens is 3. The van der Waals surface area contributed by atoms with Crippen LogP contribution in [0.3, 0.4) is 0 Å². The molecule has 3 aromatic heterocycles. The van der Waals surface area contributed by atoms with Crippen LogP contribution in [0.15, 0.2) is 59.4 Å². The molecule has 3 heterocycles. The molecule has 138 valence electrons. The van der Waals surface area contributed by atoms with Crippen LogP contribution in [0, 0.1) is 13.8 Å². The molecule has 0 saturated heterocycles. The van der Waals surface area contributed by atoms with Crippen molar-refractivity contribution in [3.05, 3.63) is 91.5 Å². The van der Waals surface area contributed by atoms with Crippen molar-refractivity contribution in [2.75, 3.05) is 0 Å². The molecular weight excluding hydrogens is 390 g/mol. The topological polar surface area (TPSA) is 39.3 Å². The normalized spacial score (nSPS) is 12.5. The Bertz CT molecular complexity index is 1460. The van der Waals surface area contributed by atoms with Crippen LogP contribution in [0.1, 0.15) is 17.0 Å². The Morgan fingerprint density at radius 2 is 1.82 bits per heavy atom. The second kappa shape index (κ2) is 6.33. The number of hydrogen-bond donors (Lipinski definition) is 0. The summed E-state index contributed by atoms with van der Waals surface area (Å²) in [6, 6.07) is 17.6. The number of fused-ring (bicyclic) bond motifs is 3. The molecule has 28 heavy (non-hydrogen) atoms. The van der Waals surface area contributed by atoms with Crippen molar-refractivity contribution < 1.29 is 0 Å². The van der Waals surface area contributed by atoms with Gasteiger partial charge in [0, 0.05) is 22.1 Å². The van der Waals surface area contributed by atoms with Gasteiger partial charge in [0.05, 0.1) is 15.6 Å². The van der Waals surface area contributed by atoms with Gasteiger partial charge in [0.25, 0.3) is 5.56 Å². The van der Waals surface area contributed by atoms with Gasteiger partial charge in [0.15, 0.2) is 4.96 Å². The molecule has 5 rings (SSSR count). The predicted molar refractivity (Wildman–Crippen MR) is 116 cm³/mol.